The number of rotatable bonds is 7. The molecule has 0 saturated carbocycles. The lowest BCUT2D eigenvalue weighted by Gasteiger charge is -2.30. The van der Waals surface area contributed by atoms with E-state index in [4.69, 9.17) is 21.3 Å². The zero-order valence-electron chi connectivity index (χ0n) is 15.7. The summed E-state index contributed by atoms with van der Waals surface area (Å²) >= 11 is 6.20. The number of esters is 1. The topological polar surface area (TPSA) is 47.4 Å². The van der Waals surface area contributed by atoms with Crippen LogP contribution in [0.25, 0.3) is 11.0 Å². The molecular weight excluding hydrogens is 350 g/mol. The summed E-state index contributed by atoms with van der Waals surface area (Å²) in [6.45, 7) is 8.10. The van der Waals surface area contributed by atoms with Crippen molar-refractivity contribution in [3.8, 4) is 0 Å². The number of ether oxygens (including phenoxy) is 1. The number of aryl methyl sites for hydroxylation is 1. The van der Waals surface area contributed by atoms with Crippen molar-refractivity contribution in [1.29, 1.82) is 0 Å². The van der Waals surface area contributed by atoms with Crippen molar-refractivity contribution in [3.05, 3.63) is 29.0 Å². The van der Waals surface area contributed by atoms with Gasteiger partial charge in [0.05, 0.1) is 30.1 Å². The summed E-state index contributed by atoms with van der Waals surface area (Å²) in [5, 5.41) is 0.747. The Balaban J connectivity index is 1.71. The van der Waals surface area contributed by atoms with Crippen LogP contribution in [0.2, 0.25) is 5.02 Å². The van der Waals surface area contributed by atoms with Gasteiger partial charge in [-0.05, 0) is 57.5 Å². The SMILES string of the molecule is CCCCn1c(CN2CCC(C(=O)OCC)CC2)nc2ccc(Cl)cc21. The van der Waals surface area contributed by atoms with Crippen LogP contribution in [-0.4, -0.2) is 40.1 Å². The Morgan fingerprint density at radius 2 is 2.08 bits per heavy atom. The van der Waals surface area contributed by atoms with Crippen molar-refractivity contribution >= 4 is 28.6 Å². The molecule has 0 bridgehead atoms. The average molecular weight is 378 g/mol. The standard InChI is InChI=1S/C20H28ClN3O2/c1-3-5-10-24-18-13-16(21)6-7-17(18)22-19(24)14-23-11-8-15(9-12-23)20(25)26-4-2/h6-7,13,15H,3-5,8-12,14H2,1-2H3. The highest BCUT2D eigenvalue weighted by Gasteiger charge is 2.26. The number of piperidine rings is 1. The van der Waals surface area contributed by atoms with Gasteiger partial charge in [0.15, 0.2) is 0 Å². The molecule has 26 heavy (non-hydrogen) atoms. The van der Waals surface area contributed by atoms with E-state index in [0.29, 0.717) is 6.61 Å². The maximum atomic E-state index is 11.9. The van der Waals surface area contributed by atoms with Gasteiger partial charge in [-0.3, -0.25) is 9.69 Å². The van der Waals surface area contributed by atoms with E-state index in [-0.39, 0.29) is 11.9 Å². The van der Waals surface area contributed by atoms with Gasteiger partial charge < -0.3 is 9.30 Å². The summed E-state index contributed by atoms with van der Waals surface area (Å²) in [6.07, 6.45) is 3.99. The number of aromatic nitrogens is 2. The minimum atomic E-state index is -0.0445. The van der Waals surface area contributed by atoms with Gasteiger partial charge in [-0.2, -0.15) is 0 Å². The van der Waals surface area contributed by atoms with Crippen molar-refractivity contribution in [2.75, 3.05) is 19.7 Å². The number of halogens is 1. The van der Waals surface area contributed by atoms with E-state index in [0.717, 1.165) is 73.7 Å². The molecule has 5 nitrogen and oxygen atoms in total. The van der Waals surface area contributed by atoms with Gasteiger partial charge in [0.2, 0.25) is 0 Å². The number of benzene rings is 1. The molecule has 0 spiro atoms. The molecule has 6 heteroatoms. The fraction of sp³-hybridized carbons (Fsp3) is 0.600. The molecule has 2 heterocycles. The predicted octanol–water partition coefficient (Wildman–Crippen LogP) is 4.26. The third-order valence-electron chi connectivity index (χ3n) is 5.10. The fourth-order valence-electron chi connectivity index (χ4n) is 3.62. The van der Waals surface area contributed by atoms with E-state index in [9.17, 15) is 4.79 Å². The molecule has 1 aromatic heterocycles. The number of nitrogens with zero attached hydrogens (tertiary/aromatic N) is 3. The zero-order chi connectivity index (χ0) is 18.5. The molecule has 142 valence electrons. The number of hydrogen-bond acceptors (Lipinski definition) is 4. The molecule has 0 unspecified atom stereocenters. The van der Waals surface area contributed by atoms with Gasteiger partial charge >= 0.3 is 5.97 Å². The first-order valence-electron chi connectivity index (χ1n) is 9.66. The molecule has 3 rings (SSSR count). The maximum absolute atomic E-state index is 11.9. The van der Waals surface area contributed by atoms with E-state index in [1.807, 2.05) is 25.1 Å². The Labute approximate surface area is 160 Å². The van der Waals surface area contributed by atoms with Crippen LogP contribution in [0.5, 0.6) is 0 Å². The van der Waals surface area contributed by atoms with Gasteiger partial charge in [-0.1, -0.05) is 24.9 Å². The van der Waals surface area contributed by atoms with Gasteiger partial charge in [0.1, 0.15) is 5.82 Å². The summed E-state index contributed by atoms with van der Waals surface area (Å²) < 4.78 is 7.47. The quantitative estimate of drug-likeness (QED) is 0.676. The number of imidazole rings is 1. The monoisotopic (exact) mass is 377 g/mol. The van der Waals surface area contributed by atoms with E-state index >= 15 is 0 Å². The maximum Gasteiger partial charge on any atom is 0.309 e. The van der Waals surface area contributed by atoms with Crippen molar-refractivity contribution in [3.63, 3.8) is 0 Å². The summed E-state index contributed by atoms with van der Waals surface area (Å²) in [6, 6.07) is 5.91. The molecule has 0 radical (unpaired) electrons. The van der Waals surface area contributed by atoms with E-state index in [1.54, 1.807) is 0 Å². The Hall–Kier alpha value is -1.59. The highest BCUT2D eigenvalue weighted by atomic mass is 35.5. The molecule has 0 N–H and O–H groups in total. The number of unbranched alkanes of at least 4 members (excludes halogenated alkanes) is 1. The lowest BCUT2D eigenvalue weighted by Crippen LogP contribution is -2.37. The van der Waals surface area contributed by atoms with Crippen molar-refractivity contribution in [2.45, 2.75) is 52.6 Å². The lowest BCUT2D eigenvalue weighted by molar-refractivity contribution is -0.149. The largest absolute Gasteiger partial charge is 0.466 e. The number of hydrogen-bond donors (Lipinski definition) is 0. The van der Waals surface area contributed by atoms with E-state index in [1.165, 1.54) is 0 Å². The van der Waals surface area contributed by atoms with Crippen LogP contribution in [0.3, 0.4) is 0 Å². The molecule has 0 aliphatic carbocycles. The van der Waals surface area contributed by atoms with Crippen LogP contribution in [0.15, 0.2) is 18.2 Å². The second-order valence-electron chi connectivity index (χ2n) is 6.97. The first-order chi connectivity index (χ1) is 12.6. The van der Waals surface area contributed by atoms with Crippen LogP contribution in [-0.2, 0) is 22.6 Å². The summed E-state index contributed by atoms with van der Waals surface area (Å²) in [5.41, 5.74) is 2.12. The Morgan fingerprint density at radius 3 is 2.77 bits per heavy atom. The van der Waals surface area contributed by atoms with Gasteiger partial charge in [0.25, 0.3) is 0 Å². The van der Waals surface area contributed by atoms with Crippen LogP contribution >= 0.6 is 11.6 Å². The number of likely N-dealkylation sites (tertiary alicyclic amines) is 1. The molecule has 0 atom stereocenters. The minimum absolute atomic E-state index is 0.0445. The lowest BCUT2D eigenvalue weighted by atomic mass is 9.97. The van der Waals surface area contributed by atoms with E-state index in [2.05, 4.69) is 16.4 Å². The summed E-state index contributed by atoms with van der Waals surface area (Å²) in [7, 11) is 0. The summed E-state index contributed by atoms with van der Waals surface area (Å²) in [5.74, 6) is 1.09. The molecule has 1 fully saturated rings. The Bertz CT molecular complexity index is 751. The second kappa shape index (κ2) is 8.87. The molecule has 1 saturated heterocycles. The molecule has 1 aliphatic rings. The highest BCUT2D eigenvalue weighted by molar-refractivity contribution is 6.31. The first-order valence-corrected chi connectivity index (χ1v) is 10.0. The molecular formula is C20H28ClN3O2. The zero-order valence-corrected chi connectivity index (χ0v) is 16.5. The van der Waals surface area contributed by atoms with E-state index < -0.39 is 0 Å². The van der Waals surface area contributed by atoms with Crippen molar-refractivity contribution in [2.24, 2.45) is 5.92 Å². The van der Waals surface area contributed by atoms with Gasteiger partial charge in [-0.15, -0.1) is 0 Å². The van der Waals surface area contributed by atoms with Crippen LogP contribution < -0.4 is 0 Å². The van der Waals surface area contributed by atoms with Gasteiger partial charge in [-0.25, -0.2) is 4.98 Å². The Kier molecular flexibility index (Phi) is 6.54. The summed E-state index contributed by atoms with van der Waals surface area (Å²) in [4.78, 5) is 19.2. The normalized spacial score (nSPS) is 16.3. The third kappa shape index (κ3) is 4.38. The van der Waals surface area contributed by atoms with Crippen LogP contribution in [0, 0.1) is 5.92 Å². The van der Waals surface area contributed by atoms with Crippen molar-refractivity contribution in [1.82, 2.24) is 14.5 Å². The first kappa shape index (κ1) is 19.2. The third-order valence-corrected chi connectivity index (χ3v) is 5.33. The minimum Gasteiger partial charge on any atom is -0.466 e. The smallest absolute Gasteiger partial charge is 0.309 e. The Morgan fingerprint density at radius 1 is 1.31 bits per heavy atom. The molecule has 1 aromatic carbocycles. The van der Waals surface area contributed by atoms with Crippen LogP contribution in [0.4, 0.5) is 0 Å². The number of carbonyl (C=O) groups excluding carboxylic acids is 1. The predicted molar refractivity (Wildman–Crippen MR) is 104 cm³/mol. The molecule has 2 aromatic rings. The fourth-order valence-corrected chi connectivity index (χ4v) is 3.79. The number of carbonyl (C=O) groups is 1. The van der Waals surface area contributed by atoms with Gasteiger partial charge in [0, 0.05) is 11.6 Å². The van der Waals surface area contributed by atoms with Crippen molar-refractivity contribution < 1.29 is 9.53 Å². The second-order valence-corrected chi connectivity index (χ2v) is 7.41. The average Bonchev–Trinajstić information content (AvgIpc) is 2.97. The number of fused-ring (bicyclic) bond motifs is 1. The van der Waals surface area contributed by atoms with Crippen LogP contribution in [0.1, 0.15) is 45.4 Å². The molecule has 0 amide bonds. The molecule has 1 aliphatic heterocycles. The highest BCUT2D eigenvalue weighted by Crippen LogP contribution is 2.24.